The lowest BCUT2D eigenvalue weighted by Crippen LogP contribution is -1.99. The van der Waals surface area contributed by atoms with E-state index in [-0.39, 0.29) is 0 Å². The fraction of sp³-hybridized carbons (Fsp3) is 0.714. The molecular formula is C21H36N. The van der Waals surface area contributed by atoms with E-state index in [1.807, 2.05) is 0 Å². The maximum Gasteiger partial charge on any atom is 0.0409 e. The van der Waals surface area contributed by atoms with Crippen LogP contribution < -0.4 is 0 Å². The minimum atomic E-state index is 0.883. The largest absolute Gasteiger partial charge is 0.258 e. The molecular weight excluding hydrogens is 266 g/mol. The van der Waals surface area contributed by atoms with Crippen LogP contribution in [0.15, 0.2) is 12.1 Å². The minimum Gasteiger partial charge on any atom is -0.258 e. The molecule has 0 saturated carbocycles. The fourth-order valence-electron chi connectivity index (χ4n) is 2.94. The van der Waals surface area contributed by atoms with Crippen molar-refractivity contribution < 1.29 is 0 Å². The van der Waals surface area contributed by atoms with Gasteiger partial charge in [0.2, 0.25) is 0 Å². The second-order valence-corrected chi connectivity index (χ2v) is 6.54. The second kappa shape index (κ2) is 12.7. The summed E-state index contributed by atoms with van der Waals surface area (Å²) in [6.07, 6.45) is 16.5. The van der Waals surface area contributed by atoms with Gasteiger partial charge >= 0.3 is 0 Å². The monoisotopic (exact) mass is 302 g/mol. The lowest BCUT2D eigenvalue weighted by molar-refractivity contribution is 0.619. The van der Waals surface area contributed by atoms with E-state index in [0.29, 0.717) is 0 Å². The van der Waals surface area contributed by atoms with Crippen LogP contribution in [0.25, 0.3) is 0 Å². The summed E-state index contributed by atoms with van der Waals surface area (Å²) in [5, 5.41) is 0. The smallest absolute Gasteiger partial charge is 0.0409 e. The Bertz CT molecular complexity index is 351. The molecule has 1 nitrogen and oxygen atoms in total. The molecule has 0 aromatic carbocycles. The first kappa shape index (κ1) is 19.2. The van der Waals surface area contributed by atoms with Gasteiger partial charge in [-0.25, -0.2) is 0 Å². The summed E-state index contributed by atoms with van der Waals surface area (Å²) < 4.78 is 0. The van der Waals surface area contributed by atoms with Gasteiger partial charge in [-0.15, -0.1) is 0 Å². The van der Waals surface area contributed by atoms with Crippen LogP contribution in [0, 0.1) is 6.92 Å². The summed E-state index contributed by atoms with van der Waals surface area (Å²) in [5.74, 6) is 0. The van der Waals surface area contributed by atoms with Crippen molar-refractivity contribution in [2.45, 2.75) is 97.3 Å². The van der Waals surface area contributed by atoms with Crippen molar-refractivity contribution in [2.75, 3.05) is 0 Å². The van der Waals surface area contributed by atoms with E-state index in [1.54, 1.807) is 0 Å². The van der Waals surface area contributed by atoms with Gasteiger partial charge in [0.05, 0.1) is 0 Å². The highest BCUT2D eigenvalue weighted by Crippen LogP contribution is 2.14. The number of nitrogens with zero attached hydrogens (tertiary/aromatic N) is 1. The zero-order valence-corrected chi connectivity index (χ0v) is 15.0. The zero-order chi connectivity index (χ0) is 16.0. The second-order valence-electron chi connectivity index (χ2n) is 6.54. The average Bonchev–Trinajstić information content (AvgIpc) is 2.54. The number of unbranched alkanes of at least 4 members (excludes halogenated alkanes) is 8. The van der Waals surface area contributed by atoms with Crippen molar-refractivity contribution in [3.05, 3.63) is 36.0 Å². The Morgan fingerprint density at radius 2 is 1.18 bits per heavy atom. The van der Waals surface area contributed by atoms with E-state index < -0.39 is 0 Å². The molecule has 1 aromatic rings. The maximum atomic E-state index is 4.89. The summed E-state index contributed by atoms with van der Waals surface area (Å²) in [5.41, 5.74) is 3.95. The summed E-state index contributed by atoms with van der Waals surface area (Å²) in [6, 6.07) is 4.54. The summed E-state index contributed by atoms with van der Waals surface area (Å²) in [7, 11) is 0. The van der Waals surface area contributed by atoms with E-state index in [4.69, 9.17) is 4.98 Å². The van der Waals surface area contributed by atoms with Gasteiger partial charge in [-0.05, 0) is 56.7 Å². The summed E-state index contributed by atoms with van der Waals surface area (Å²) >= 11 is 0. The molecule has 0 bridgehead atoms. The Morgan fingerprint density at radius 3 is 1.59 bits per heavy atom. The van der Waals surface area contributed by atoms with Crippen LogP contribution >= 0.6 is 0 Å². The van der Waals surface area contributed by atoms with E-state index in [9.17, 15) is 0 Å². The van der Waals surface area contributed by atoms with Gasteiger partial charge in [0.25, 0.3) is 0 Å². The van der Waals surface area contributed by atoms with Crippen molar-refractivity contribution in [3.8, 4) is 0 Å². The summed E-state index contributed by atoms with van der Waals surface area (Å²) in [4.78, 5) is 4.89. The number of pyridine rings is 1. The molecule has 1 radical (unpaired) electrons. The quantitative estimate of drug-likeness (QED) is 0.380. The molecule has 0 aliphatic rings. The van der Waals surface area contributed by atoms with Gasteiger partial charge in [0, 0.05) is 11.4 Å². The first-order valence-electron chi connectivity index (χ1n) is 9.58. The molecule has 0 spiro atoms. The highest BCUT2D eigenvalue weighted by Gasteiger charge is 2.03. The average molecular weight is 303 g/mol. The number of aryl methyl sites for hydroxylation is 2. The first-order valence-corrected chi connectivity index (χ1v) is 9.58. The number of aromatic nitrogens is 1. The molecule has 125 valence electrons. The molecule has 22 heavy (non-hydrogen) atoms. The normalized spacial score (nSPS) is 11.0. The molecule has 1 rings (SSSR count). The van der Waals surface area contributed by atoms with Crippen LogP contribution in [-0.4, -0.2) is 4.98 Å². The Kier molecular flexibility index (Phi) is 11.1. The topological polar surface area (TPSA) is 12.9 Å². The van der Waals surface area contributed by atoms with E-state index in [1.165, 1.54) is 81.2 Å². The third-order valence-electron chi connectivity index (χ3n) is 4.35. The van der Waals surface area contributed by atoms with Gasteiger partial charge < -0.3 is 0 Å². The molecule has 1 heteroatoms. The SMILES string of the molecule is [CH2]Cc1cc(CCCCCCC)nc(CCCCCCC)c1. The van der Waals surface area contributed by atoms with E-state index >= 15 is 0 Å². The van der Waals surface area contributed by atoms with Gasteiger partial charge in [-0.1, -0.05) is 65.2 Å². The van der Waals surface area contributed by atoms with Crippen molar-refractivity contribution in [1.29, 1.82) is 0 Å². The minimum absolute atomic E-state index is 0.883. The molecule has 1 heterocycles. The van der Waals surface area contributed by atoms with Gasteiger partial charge in [-0.2, -0.15) is 0 Å². The van der Waals surface area contributed by atoms with Crippen LogP contribution in [-0.2, 0) is 19.3 Å². The number of rotatable bonds is 13. The molecule has 0 saturated heterocycles. The van der Waals surface area contributed by atoms with Gasteiger partial charge in [0.1, 0.15) is 0 Å². The van der Waals surface area contributed by atoms with Crippen LogP contribution in [0.3, 0.4) is 0 Å². The molecule has 0 unspecified atom stereocenters. The lowest BCUT2D eigenvalue weighted by Gasteiger charge is -2.08. The molecule has 0 atom stereocenters. The maximum absolute atomic E-state index is 4.89. The molecule has 1 aromatic heterocycles. The van der Waals surface area contributed by atoms with Crippen LogP contribution in [0.2, 0.25) is 0 Å². The predicted octanol–water partition coefficient (Wildman–Crippen LogP) is 6.48. The van der Waals surface area contributed by atoms with Crippen molar-refractivity contribution >= 4 is 0 Å². The Hall–Kier alpha value is -0.850. The lowest BCUT2D eigenvalue weighted by atomic mass is 10.0. The molecule has 0 aliphatic heterocycles. The molecule has 0 fully saturated rings. The highest BCUT2D eigenvalue weighted by molar-refractivity contribution is 5.22. The third kappa shape index (κ3) is 8.56. The predicted molar refractivity (Wildman–Crippen MR) is 98.2 cm³/mol. The van der Waals surface area contributed by atoms with Crippen molar-refractivity contribution in [1.82, 2.24) is 4.98 Å². The zero-order valence-electron chi connectivity index (χ0n) is 15.0. The number of hydrogen-bond acceptors (Lipinski definition) is 1. The number of hydrogen-bond donors (Lipinski definition) is 0. The van der Waals surface area contributed by atoms with Crippen LogP contribution in [0.4, 0.5) is 0 Å². The van der Waals surface area contributed by atoms with Gasteiger partial charge in [-0.3, -0.25) is 4.98 Å². The highest BCUT2D eigenvalue weighted by atomic mass is 14.7. The van der Waals surface area contributed by atoms with Crippen LogP contribution in [0.1, 0.15) is 95.0 Å². The van der Waals surface area contributed by atoms with Crippen LogP contribution in [0.5, 0.6) is 0 Å². The first-order chi connectivity index (χ1) is 10.8. The van der Waals surface area contributed by atoms with Crippen molar-refractivity contribution in [3.63, 3.8) is 0 Å². The van der Waals surface area contributed by atoms with E-state index in [0.717, 1.165) is 19.3 Å². The Balaban J connectivity index is 2.42. The van der Waals surface area contributed by atoms with Crippen molar-refractivity contribution in [2.24, 2.45) is 0 Å². The molecule has 0 amide bonds. The fourth-order valence-corrected chi connectivity index (χ4v) is 2.94. The Labute approximate surface area is 138 Å². The van der Waals surface area contributed by atoms with E-state index in [2.05, 4.69) is 32.9 Å². The molecule has 0 N–H and O–H groups in total. The summed E-state index contributed by atoms with van der Waals surface area (Å²) in [6.45, 7) is 8.59. The standard InChI is InChI=1S/C21H36N/c1-4-7-9-11-13-15-20-17-19(6-3)18-21(22-20)16-14-12-10-8-5-2/h17-18H,3-16H2,1-2H3. The van der Waals surface area contributed by atoms with Gasteiger partial charge in [0.15, 0.2) is 0 Å². The molecule has 0 aliphatic carbocycles. The third-order valence-corrected chi connectivity index (χ3v) is 4.35. The Morgan fingerprint density at radius 1 is 0.727 bits per heavy atom.